The molecule has 1 aliphatic rings. The van der Waals surface area contributed by atoms with Crippen LogP contribution in [0.2, 0.25) is 0 Å². The largest absolute Gasteiger partial charge is 0.378 e. The minimum Gasteiger partial charge on any atom is -0.378 e. The molecular formula is C9H18N6O. The van der Waals surface area contributed by atoms with Crippen LogP contribution in [0.25, 0.3) is 0 Å². The smallest absolute Gasteiger partial charge is 0.240 e. The molecule has 0 aliphatic carbocycles. The van der Waals surface area contributed by atoms with Gasteiger partial charge in [-0.25, -0.2) is 4.68 Å². The molecule has 2 heterocycles. The van der Waals surface area contributed by atoms with E-state index >= 15 is 0 Å². The van der Waals surface area contributed by atoms with E-state index in [-0.39, 0.29) is 5.95 Å². The Balaban J connectivity index is 1.73. The summed E-state index contributed by atoms with van der Waals surface area (Å²) < 4.78 is 7.03. The molecule has 0 unspecified atom stereocenters. The molecule has 2 rings (SSSR count). The van der Waals surface area contributed by atoms with Crippen molar-refractivity contribution in [3.63, 3.8) is 0 Å². The lowest BCUT2D eigenvalue weighted by atomic mass is 10.1. The van der Waals surface area contributed by atoms with Gasteiger partial charge in [-0.05, 0) is 25.9 Å². The van der Waals surface area contributed by atoms with Gasteiger partial charge in [0.05, 0.1) is 12.7 Å². The quantitative estimate of drug-likeness (QED) is 0.562. The topological polar surface area (TPSA) is 104 Å². The second kappa shape index (κ2) is 5.13. The number of ether oxygens (including phenoxy) is 1. The summed E-state index contributed by atoms with van der Waals surface area (Å²) in [5.41, 5.74) is 5.47. The van der Waals surface area contributed by atoms with Crippen molar-refractivity contribution in [1.82, 2.24) is 20.2 Å². The van der Waals surface area contributed by atoms with Gasteiger partial charge in [0.15, 0.2) is 5.82 Å². The van der Waals surface area contributed by atoms with Crippen LogP contribution in [0.5, 0.6) is 0 Å². The summed E-state index contributed by atoms with van der Waals surface area (Å²) in [5, 5.41) is 10.8. The molecule has 0 saturated carbocycles. The molecule has 16 heavy (non-hydrogen) atoms. The van der Waals surface area contributed by atoms with E-state index in [0.717, 1.165) is 25.9 Å². The number of nitrogens with one attached hydrogen (secondary N) is 1. The molecule has 1 fully saturated rings. The fourth-order valence-electron chi connectivity index (χ4n) is 1.79. The SMILES string of the molecule is Nc1nnc(CCOC2CCNCC2)n1N. The minimum absolute atomic E-state index is 0.233. The average Bonchev–Trinajstić information content (AvgIpc) is 2.62. The van der Waals surface area contributed by atoms with E-state index in [0.29, 0.717) is 25.0 Å². The number of nitrogen functional groups attached to an aromatic ring is 2. The zero-order valence-electron chi connectivity index (χ0n) is 9.22. The summed E-state index contributed by atoms with van der Waals surface area (Å²) in [5.74, 6) is 6.51. The van der Waals surface area contributed by atoms with E-state index in [4.69, 9.17) is 16.3 Å². The first-order chi connectivity index (χ1) is 7.77. The molecule has 0 amide bonds. The van der Waals surface area contributed by atoms with Gasteiger partial charge in [0.1, 0.15) is 0 Å². The highest BCUT2D eigenvalue weighted by molar-refractivity contribution is 5.16. The lowest BCUT2D eigenvalue weighted by Gasteiger charge is -2.22. The Morgan fingerprint density at radius 3 is 2.75 bits per heavy atom. The van der Waals surface area contributed by atoms with Crippen LogP contribution in [-0.4, -0.2) is 40.7 Å². The zero-order chi connectivity index (χ0) is 11.4. The maximum absolute atomic E-state index is 5.73. The van der Waals surface area contributed by atoms with Gasteiger partial charge >= 0.3 is 0 Å². The van der Waals surface area contributed by atoms with E-state index in [1.165, 1.54) is 4.68 Å². The summed E-state index contributed by atoms with van der Waals surface area (Å²) in [7, 11) is 0. The number of nitrogens with zero attached hydrogens (tertiary/aromatic N) is 3. The van der Waals surface area contributed by atoms with E-state index < -0.39 is 0 Å². The Kier molecular flexibility index (Phi) is 3.58. The van der Waals surface area contributed by atoms with E-state index in [1.807, 2.05) is 0 Å². The van der Waals surface area contributed by atoms with Crippen LogP contribution < -0.4 is 16.9 Å². The molecule has 0 atom stereocenters. The van der Waals surface area contributed by atoms with E-state index in [2.05, 4.69) is 15.5 Å². The standard InChI is InChI=1S/C9H18N6O/c10-9-14-13-8(15(9)11)3-6-16-7-1-4-12-5-2-7/h7,12H,1-6,11H2,(H2,10,14). The maximum atomic E-state index is 5.73. The Morgan fingerprint density at radius 2 is 2.12 bits per heavy atom. The monoisotopic (exact) mass is 226 g/mol. The van der Waals surface area contributed by atoms with E-state index in [9.17, 15) is 0 Å². The molecule has 0 bridgehead atoms. The molecule has 0 spiro atoms. The normalized spacial score (nSPS) is 17.8. The van der Waals surface area contributed by atoms with Crippen molar-refractivity contribution in [3.8, 4) is 0 Å². The summed E-state index contributed by atoms with van der Waals surface area (Å²) in [6, 6.07) is 0. The van der Waals surface area contributed by atoms with Gasteiger partial charge in [-0.1, -0.05) is 0 Å². The molecular weight excluding hydrogens is 208 g/mol. The number of hydrogen-bond acceptors (Lipinski definition) is 6. The Morgan fingerprint density at radius 1 is 1.38 bits per heavy atom. The van der Waals surface area contributed by atoms with Gasteiger partial charge in [0.2, 0.25) is 5.95 Å². The summed E-state index contributed by atoms with van der Waals surface area (Å²) in [6.45, 7) is 2.68. The fraction of sp³-hybridized carbons (Fsp3) is 0.778. The van der Waals surface area contributed by atoms with Crippen molar-refractivity contribution in [2.24, 2.45) is 0 Å². The Bertz CT molecular complexity index is 333. The minimum atomic E-state index is 0.233. The zero-order valence-corrected chi connectivity index (χ0v) is 9.22. The fourth-order valence-corrected chi connectivity index (χ4v) is 1.79. The molecule has 1 aromatic heterocycles. The van der Waals surface area contributed by atoms with Crippen LogP contribution in [-0.2, 0) is 11.2 Å². The first kappa shape index (κ1) is 11.2. The molecule has 5 N–H and O–H groups in total. The van der Waals surface area contributed by atoms with Gasteiger partial charge in [0.25, 0.3) is 0 Å². The van der Waals surface area contributed by atoms with Crippen LogP contribution in [0.3, 0.4) is 0 Å². The third-order valence-corrected chi connectivity index (χ3v) is 2.76. The molecule has 90 valence electrons. The third kappa shape index (κ3) is 2.61. The van der Waals surface area contributed by atoms with Crippen molar-refractivity contribution >= 4 is 5.95 Å². The molecule has 1 aromatic rings. The summed E-state index contributed by atoms with van der Waals surface area (Å²) in [4.78, 5) is 0. The van der Waals surface area contributed by atoms with Crippen LogP contribution in [0.1, 0.15) is 18.7 Å². The number of aromatic nitrogens is 3. The summed E-state index contributed by atoms with van der Waals surface area (Å²) >= 11 is 0. The predicted molar refractivity (Wildman–Crippen MR) is 60.1 cm³/mol. The average molecular weight is 226 g/mol. The van der Waals surface area contributed by atoms with Gasteiger partial charge in [-0.15, -0.1) is 10.2 Å². The molecule has 7 heteroatoms. The lowest BCUT2D eigenvalue weighted by Crippen LogP contribution is -2.33. The van der Waals surface area contributed by atoms with Crippen molar-refractivity contribution < 1.29 is 4.74 Å². The lowest BCUT2D eigenvalue weighted by molar-refractivity contribution is 0.0340. The molecule has 7 nitrogen and oxygen atoms in total. The molecule has 1 saturated heterocycles. The van der Waals surface area contributed by atoms with Gasteiger partial charge < -0.3 is 21.6 Å². The first-order valence-corrected chi connectivity index (χ1v) is 5.54. The predicted octanol–water partition coefficient (Wildman–Crippen LogP) is -1.11. The van der Waals surface area contributed by atoms with E-state index in [1.54, 1.807) is 0 Å². The highest BCUT2D eigenvalue weighted by Crippen LogP contribution is 2.08. The van der Waals surface area contributed by atoms with Gasteiger partial charge in [-0.3, -0.25) is 0 Å². The summed E-state index contributed by atoms with van der Waals surface area (Å²) in [6.07, 6.45) is 3.13. The number of piperidine rings is 1. The van der Waals surface area contributed by atoms with Gasteiger partial charge in [0, 0.05) is 6.42 Å². The Hall–Kier alpha value is -1.34. The van der Waals surface area contributed by atoms with Crippen molar-refractivity contribution in [3.05, 3.63) is 5.82 Å². The first-order valence-electron chi connectivity index (χ1n) is 5.54. The second-order valence-electron chi connectivity index (χ2n) is 3.91. The number of hydrogen-bond donors (Lipinski definition) is 3. The highest BCUT2D eigenvalue weighted by atomic mass is 16.5. The van der Waals surface area contributed by atoms with Crippen LogP contribution in [0, 0.1) is 0 Å². The van der Waals surface area contributed by atoms with Crippen molar-refractivity contribution in [1.29, 1.82) is 0 Å². The Labute approximate surface area is 94.1 Å². The molecule has 1 aliphatic heterocycles. The highest BCUT2D eigenvalue weighted by Gasteiger charge is 2.13. The number of nitrogens with two attached hydrogens (primary N) is 2. The third-order valence-electron chi connectivity index (χ3n) is 2.76. The maximum Gasteiger partial charge on any atom is 0.240 e. The molecule has 0 radical (unpaired) electrons. The molecule has 0 aromatic carbocycles. The second-order valence-corrected chi connectivity index (χ2v) is 3.91. The van der Waals surface area contributed by atoms with Crippen molar-refractivity contribution in [2.75, 3.05) is 31.3 Å². The van der Waals surface area contributed by atoms with Gasteiger partial charge in [-0.2, -0.15) is 0 Å². The number of anilines is 1. The van der Waals surface area contributed by atoms with Crippen molar-refractivity contribution in [2.45, 2.75) is 25.4 Å². The van der Waals surface area contributed by atoms with Crippen LogP contribution in [0.4, 0.5) is 5.95 Å². The van der Waals surface area contributed by atoms with Crippen LogP contribution >= 0.6 is 0 Å². The van der Waals surface area contributed by atoms with Crippen LogP contribution in [0.15, 0.2) is 0 Å². The number of rotatable bonds is 4.